The lowest BCUT2D eigenvalue weighted by atomic mass is 9.86. The molecular weight excluding hydrogens is 405 g/mol. The number of hydrogen-bond acceptors (Lipinski definition) is 6. The van der Waals surface area contributed by atoms with E-state index in [9.17, 15) is 27.9 Å². The standard InChI is InChI=1S/C21H23F3O6/c1-13(2)20(27)28-12-15-6-8-18(17(25)11-15)29-19(26)9-7-14-4-3-5-16(10-14)30-21(22,23)24/h3-5,7,9-10,15,17-18,25H,1,6,8,11-12H2,2H3/b9-7+. The fourth-order valence-electron chi connectivity index (χ4n) is 2.98. The van der Waals surface area contributed by atoms with Crippen LogP contribution >= 0.6 is 0 Å². The Morgan fingerprint density at radius 2 is 2.03 bits per heavy atom. The third-order valence-electron chi connectivity index (χ3n) is 4.43. The zero-order valence-corrected chi connectivity index (χ0v) is 16.4. The minimum Gasteiger partial charge on any atom is -0.462 e. The van der Waals surface area contributed by atoms with Crippen LogP contribution in [0.25, 0.3) is 6.08 Å². The fraction of sp³-hybridized carbons (Fsp3) is 0.429. The highest BCUT2D eigenvalue weighted by Crippen LogP contribution is 2.28. The van der Waals surface area contributed by atoms with Gasteiger partial charge < -0.3 is 19.3 Å². The van der Waals surface area contributed by atoms with Crippen molar-refractivity contribution in [3.8, 4) is 5.75 Å². The summed E-state index contributed by atoms with van der Waals surface area (Å²) in [5.41, 5.74) is 0.609. The Kier molecular flexibility index (Phi) is 8.05. The van der Waals surface area contributed by atoms with Crippen LogP contribution < -0.4 is 4.74 Å². The fourth-order valence-corrected chi connectivity index (χ4v) is 2.98. The Hall–Kier alpha value is -2.81. The van der Waals surface area contributed by atoms with Gasteiger partial charge in [-0.2, -0.15) is 0 Å². The highest BCUT2D eigenvalue weighted by atomic mass is 19.4. The molecule has 0 radical (unpaired) electrons. The molecule has 3 atom stereocenters. The summed E-state index contributed by atoms with van der Waals surface area (Å²) in [5.74, 6) is -1.68. The average molecular weight is 428 g/mol. The molecule has 0 aliphatic heterocycles. The van der Waals surface area contributed by atoms with Gasteiger partial charge in [0.2, 0.25) is 0 Å². The molecule has 1 N–H and O–H groups in total. The molecule has 0 spiro atoms. The quantitative estimate of drug-likeness (QED) is 0.526. The highest BCUT2D eigenvalue weighted by molar-refractivity contribution is 5.87. The van der Waals surface area contributed by atoms with Crippen LogP contribution in [-0.4, -0.2) is 42.2 Å². The summed E-state index contributed by atoms with van der Waals surface area (Å²) in [6, 6.07) is 5.13. The zero-order chi connectivity index (χ0) is 22.3. The number of rotatable bonds is 7. The van der Waals surface area contributed by atoms with Crippen LogP contribution in [0.1, 0.15) is 31.7 Å². The van der Waals surface area contributed by atoms with E-state index in [2.05, 4.69) is 11.3 Å². The number of benzene rings is 1. The van der Waals surface area contributed by atoms with Crippen LogP contribution in [0, 0.1) is 5.92 Å². The average Bonchev–Trinajstić information content (AvgIpc) is 2.65. The summed E-state index contributed by atoms with van der Waals surface area (Å²) in [5, 5.41) is 10.2. The first-order chi connectivity index (χ1) is 14.0. The normalized spacial score (nSPS) is 21.8. The maximum absolute atomic E-state index is 12.3. The van der Waals surface area contributed by atoms with Crippen molar-refractivity contribution in [1.82, 2.24) is 0 Å². The predicted octanol–water partition coefficient (Wildman–Crippen LogP) is 3.79. The van der Waals surface area contributed by atoms with Crippen LogP contribution in [-0.2, 0) is 19.1 Å². The van der Waals surface area contributed by atoms with E-state index < -0.39 is 36.3 Å². The first-order valence-electron chi connectivity index (χ1n) is 9.28. The van der Waals surface area contributed by atoms with E-state index in [4.69, 9.17) is 9.47 Å². The van der Waals surface area contributed by atoms with E-state index in [0.29, 0.717) is 30.4 Å². The number of esters is 2. The molecule has 0 saturated heterocycles. The third-order valence-corrected chi connectivity index (χ3v) is 4.43. The first-order valence-corrected chi connectivity index (χ1v) is 9.28. The number of carbonyl (C=O) groups excluding carboxylic acids is 2. The van der Waals surface area contributed by atoms with Crippen molar-refractivity contribution in [2.75, 3.05) is 6.61 Å². The number of ether oxygens (including phenoxy) is 3. The molecule has 1 aliphatic carbocycles. The largest absolute Gasteiger partial charge is 0.573 e. The van der Waals surface area contributed by atoms with Gasteiger partial charge in [0.05, 0.1) is 12.7 Å². The van der Waals surface area contributed by atoms with E-state index >= 15 is 0 Å². The lowest BCUT2D eigenvalue weighted by molar-refractivity contribution is -0.274. The van der Waals surface area contributed by atoms with Gasteiger partial charge in [0, 0.05) is 11.6 Å². The lowest BCUT2D eigenvalue weighted by Crippen LogP contribution is -2.38. The van der Waals surface area contributed by atoms with Crippen molar-refractivity contribution in [1.29, 1.82) is 0 Å². The van der Waals surface area contributed by atoms with Gasteiger partial charge in [0.1, 0.15) is 11.9 Å². The number of halogens is 3. The van der Waals surface area contributed by atoms with E-state index in [1.165, 1.54) is 18.2 Å². The smallest absolute Gasteiger partial charge is 0.462 e. The molecule has 1 aliphatic rings. The molecule has 1 saturated carbocycles. The van der Waals surface area contributed by atoms with Gasteiger partial charge in [-0.25, -0.2) is 9.59 Å². The van der Waals surface area contributed by atoms with Crippen molar-refractivity contribution in [3.05, 3.63) is 48.1 Å². The van der Waals surface area contributed by atoms with Crippen LogP contribution in [0.4, 0.5) is 13.2 Å². The second-order valence-electron chi connectivity index (χ2n) is 7.05. The van der Waals surface area contributed by atoms with Gasteiger partial charge in [0.25, 0.3) is 0 Å². The van der Waals surface area contributed by atoms with E-state index in [1.807, 2.05) is 0 Å². The molecule has 1 aromatic rings. The first kappa shape index (κ1) is 23.5. The molecule has 0 amide bonds. The molecule has 0 heterocycles. The zero-order valence-electron chi connectivity index (χ0n) is 16.4. The van der Waals surface area contributed by atoms with Crippen molar-refractivity contribution < 1.29 is 42.1 Å². The van der Waals surface area contributed by atoms with E-state index in [1.54, 1.807) is 6.92 Å². The molecule has 0 bridgehead atoms. The van der Waals surface area contributed by atoms with Gasteiger partial charge in [-0.1, -0.05) is 18.7 Å². The van der Waals surface area contributed by atoms with Crippen molar-refractivity contribution >= 4 is 18.0 Å². The van der Waals surface area contributed by atoms with Crippen molar-refractivity contribution in [2.24, 2.45) is 5.92 Å². The van der Waals surface area contributed by atoms with Crippen LogP contribution in [0.2, 0.25) is 0 Å². The van der Waals surface area contributed by atoms with E-state index in [-0.39, 0.29) is 12.5 Å². The Bertz CT molecular complexity index is 802. The minimum atomic E-state index is -4.81. The van der Waals surface area contributed by atoms with Crippen LogP contribution in [0.15, 0.2) is 42.5 Å². The maximum atomic E-state index is 12.3. The minimum absolute atomic E-state index is 0.0508. The molecule has 30 heavy (non-hydrogen) atoms. The summed E-state index contributed by atoms with van der Waals surface area (Å²) < 4.78 is 51.0. The number of hydrogen-bond donors (Lipinski definition) is 1. The van der Waals surface area contributed by atoms with Crippen LogP contribution in [0.3, 0.4) is 0 Å². The SMILES string of the molecule is C=C(C)C(=O)OCC1CCC(OC(=O)/C=C/c2cccc(OC(F)(F)F)c2)C(O)C1. The van der Waals surface area contributed by atoms with Crippen molar-refractivity contribution in [3.63, 3.8) is 0 Å². The Morgan fingerprint density at radius 1 is 1.30 bits per heavy atom. The summed E-state index contributed by atoms with van der Waals surface area (Å²) in [6.07, 6.45) is -2.77. The summed E-state index contributed by atoms with van der Waals surface area (Å²) in [6.45, 7) is 5.19. The lowest BCUT2D eigenvalue weighted by Gasteiger charge is -2.32. The number of aliphatic hydroxyl groups excluding tert-OH is 1. The highest BCUT2D eigenvalue weighted by Gasteiger charge is 2.32. The molecule has 0 aromatic heterocycles. The summed E-state index contributed by atoms with van der Waals surface area (Å²) in [4.78, 5) is 23.4. The van der Waals surface area contributed by atoms with Crippen molar-refractivity contribution in [2.45, 2.75) is 44.8 Å². The Labute approximate surface area is 171 Å². The molecule has 2 rings (SSSR count). The molecule has 164 valence electrons. The Balaban J connectivity index is 1.83. The second kappa shape index (κ2) is 10.3. The molecule has 6 nitrogen and oxygen atoms in total. The second-order valence-corrected chi connectivity index (χ2v) is 7.05. The maximum Gasteiger partial charge on any atom is 0.573 e. The Morgan fingerprint density at radius 3 is 2.67 bits per heavy atom. The summed E-state index contributed by atoms with van der Waals surface area (Å²) in [7, 11) is 0. The molecular formula is C21H23F3O6. The molecule has 1 fully saturated rings. The predicted molar refractivity (Wildman–Crippen MR) is 101 cm³/mol. The molecule has 3 unspecified atom stereocenters. The van der Waals surface area contributed by atoms with Gasteiger partial charge >= 0.3 is 18.3 Å². The van der Waals surface area contributed by atoms with Gasteiger partial charge in [0.15, 0.2) is 0 Å². The number of carbonyl (C=O) groups is 2. The number of aliphatic hydroxyl groups is 1. The molecule has 1 aromatic carbocycles. The third kappa shape index (κ3) is 7.90. The topological polar surface area (TPSA) is 82.1 Å². The summed E-state index contributed by atoms with van der Waals surface area (Å²) >= 11 is 0. The monoisotopic (exact) mass is 428 g/mol. The molecule has 9 heteroatoms. The van der Waals surface area contributed by atoms with E-state index in [0.717, 1.165) is 18.2 Å². The number of alkyl halides is 3. The van der Waals surface area contributed by atoms with Crippen LogP contribution in [0.5, 0.6) is 5.75 Å². The van der Waals surface area contributed by atoms with Gasteiger partial charge in [-0.3, -0.25) is 0 Å². The van der Waals surface area contributed by atoms with Gasteiger partial charge in [-0.05, 0) is 55.9 Å². The van der Waals surface area contributed by atoms with Gasteiger partial charge in [-0.15, -0.1) is 13.2 Å².